The zero-order chi connectivity index (χ0) is 21.8. The molecular formula is C29H36OSi. The zero-order valence-corrected chi connectivity index (χ0v) is 20.6. The highest BCUT2D eigenvalue weighted by atomic mass is 28.2. The summed E-state index contributed by atoms with van der Waals surface area (Å²) >= 11 is 0. The maximum absolute atomic E-state index is 5.86. The van der Waals surface area contributed by atoms with E-state index in [0.29, 0.717) is 11.1 Å². The Labute approximate surface area is 191 Å². The van der Waals surface area contributed by atoms with E-state index in [1.165, 1.54) is 48.8 Å². The van der Waals surface area contributed by atoms with Crippen molar-refractivity contribution in [2.75, 3.05) is 6.61 Å². The number of unbranched alkanes of at least 4 members (excludes halogenated alkanes) is 3. The van der Waals surface area contributed by atoms with Crippen LogP contribution < -0.4 is 0 Å². The van der Waals surface area contributed by atoms with Gasteiger partial charge in [-0.2, -0.15) is 0 Å². The third-order valence-electron chi connectivity index (χ3n) is 6.51. The molecule has 0 aliphatic heterocycles. The molecule has 0 N–H and O–H groups in total. The van der Waals surface area contributed by atoms with Crippen LogP contribution in [0.4, 0.5) is 0 Å². The maximum Gasteiger partial charge on any atom is 0.0674 e. The van der Waals surface area contributed by atoms with Crippen LogP contribution in [0.15, 0.2) is 60.2 Å². The van der Waals surface area contributed by atoms with Crippen molar-refractivity contribution < 1.29 is 4.74 Å². The summed E-state index contributed by atoms with van der Waals surface area (Å²) < 4.78 is 5.86. The molecule has 2 unspecified atom stereocenters. The van der Waals surface area contributed by atoms with Gasteiger partial charge in [0.1, 0.15) is 0 Å². The highest BCUT2D eigenvalue weighted by Gasteiger charge is 2.31. The zero-order valence-electron chi connectivity index (χ0n) is 19.6. The summed E-state index contributed by atoms with van der Waals surface area (Å²) in [6.07, 6.45) is 11.0. The molecule has 0 saturated heterocycles. The van der Waals surface area contributed by atoms with Crippen molar-refractivity contribution in [1.82, 2.24) is 0 Å². The van der Waals surface area contributed by atoms with Crippen molar-refractivity contribution in [2.45, 2.75) is 76.5 Å². The first-order chi connectivity index (χ1) is 14.9. The first kappa shape index (κ1) is 22.3. The van der Waals surface area contributed by atoms with Crippen LogP contribution in [-0.2, 0) is 4.74 Å². The van der Waals surface area contributed by atoms with E-state index in [9.17, 15) is 0 Å². The smallest absolute Gasteiger partial charge is 0.0674 e. The van der Waals surface area contributed by atoms with Crippen LogP contribution in [0, 0.1) is 0 Å². The normalized spacial score (nSPS) is 19.7. The second-order valence-corrected chi connectivity index (χ2v) is 11.5. The Morgan fingerprint density at radius 2 is 1.58 bits per heavy atom. The van der Waals surface area contributed by atoms with Crippen LogP contribution in [0.25, 0.3) is 11.6 Å². The van der Waals surface area contributed by atoms with E-state index < -0.39 is 0 Å². The van der Waals surface area contributed by atoms with E-state index in [-0.39, 0.29) is 5.60 Å². The van der Waals surface area contributed by atoms with Gasteiger partial charge < -0.3 is 4.74 Å². The summed E-state index contributed by atoms with van der Waals surface area (Å²) in [5.74, 6) is 0. The average molecular weight is 429 g/mol. The fourth-order valence-corrected chi connectivity index (χ4v) is 6.76. The van der Waals surface area contributed by atoms with E-state index in [1.807, 2.05) is 0 Å². The summed E-state index contributed by atoms with van der Waals surface area (Å²) in [4.78, 5) is 0. The third-order valence-corrected chi connectivity index (χ3v) is 8.45. The van der Waals surface area contributed by atoms with Crippen LogP contribution in [0.1, 0.15) is 93.1 Å². The average Bonchev–Trinajstić information content (AvgIpc) is 3.27. The molecule has 0 aromatic heterocycles. The molecule has 2 atom stereocenters. The Balaban J connectivity index is 1.38. The molecule has 0 amide bonds. The number of rotatable bonds is 9. The molecular weight excluding hydrogens is 392 g/mol. The Morgan fingerprint density at radius 1 is 0.871 bits per heavy atom. The lowest BCUT2D eigenvalue weighted by atomic mass is 9.99. The van der Waals surface area contributed by atoms with Gasteiger partial charge in [0.25, 0.3) is 0 Å². The van der Waals surface area contributed by atoms with Gasteiger partial charge in [-0.05, 0) is 85.9 Å². The summed E-state index contributed by atoms with van der Waals surface area (Å²) in [6.45, 7) is 9.69. The molecule has 162 valence electrons. The lowest BCUT2D eigenvalue weighted by molar-refractivity contribution is -0.00473. The van der Waals surface area contributed by atoms with Crippen molar-refractivity contribution in [2.24, 2.45) is 0 Å². The van der Waals surface area contributed by atoms with Crippen molar-refractivity contribution in [3.05, 3.63) is 82.4 Å². The molecule has 31 heavy (non-hydrogen) atoms. The van der Waals surface area contributed by atoms with Gasteiger partial charge in [0, 0.05) is 6.61 Å². The Bertz CT molecular complexity index is 963. The van der Waals surface area contributed by atoms with E-state index in [1.54, 1.807) is 16.7 Å². The molecule has 0 saturated carbocycles. The van der Waals surface area contributed by atoms with E-state index in [0.717, 1.165) is 16.1 Å². The van der Waals surface area contributed by atoms with Crippen LogP contribution in [0.5, 0.6) is 0 Å². The van der Waals surface area contributed by atoms with Crippen LogP contribution >= 0.6 is 0 Å². The Hall–Kier alpha value is -1.90. The molecule has 2 aromatic rings. The minimum absolute atomic E-state index is 0.0136. The van der Waals surface area contributed by atoms with Crippen molar-refractivity contribution >= 4 is 21.2 Å². The van der Waals surface area contributed by atoms with Gasteiger partial charge in [-0.3, -0.25) is 0 Å². The number of fused-ring (bicyclic) bond motifs is 2. The van der Waals surface area contributed by atoms with E-state index >= 15 is 0 Å². The van der Waals surface area contributed by atoms with Crippen molar-refractivity contribution in [3.8, 4) is 0 Å². The van der Waals surface area contributed by atoms with Crippen LogP contribution in [-0.4, -0.2) is 21.7 Å². The van der Waals surface area contributed by atoms with Crippen molar-refractivity contribution in [3.63, 3.8) is 0 Å². The fourth-order valence-electron chi connectivity index (χ4n) is 4.90. The van der Waals surface area contributed by atoms with Gasteiger partial charge in [0.15, 0.2) is 0 Å². The number of allylic oxidation sites excluding steroid dienone is 3. The van der Waals surface area contributed by atoms with Gasteiger partial charge in [-0.15, -0.1) is 0 Å². The molecule has 2 radical (unpaired) electrons. The van der Waals surface area contributed by atoms with Gasteiger partial charge >= 0.3 is 0 Å². The lowest BCUT2D eigenvalue weighted by Gasteiger charge is -2.19. The second kappa shape index (κ2) is 9.71. The molecule has 4 rings (SSSR count). The summed E-state index contributed by atoms with van der Waals surface area (Å²) in [5.41, 5.74) is 10.4. The number of benzene rings is 2. The topological polar surface area (TPSA) is 9.23 Å². The molecule has 0 bridgehead atoms. The monoisotopic (exact) mass is 428 g/mol. The maximum atomic E-state index is 5.86. The molecule has 1 nitrogen and oxygen atoms in total. The minimum Gasteiger partial charge on any atom is -0.376 e. The highest BCUT2D eigenvalue weighted by molar-refractivity contribution is 6.43. The molecule has 2 heteroatoms. The molecule has 2 aliphatic rings. The minimum atomic E-state index is -0.0136. The third kappa shape index (κ3) is 5.30. The van der Waals surface area contributed by atoms with Crippen LogP contribution in [0.2, 0.25) is 0 Å². The molecule has 0 fully saturated rings. The van der Waals surface area contributed by atoms with Gasteiger partial charge in [0.2, 0.25) is 0 Å². The van der Waals surface area contributed by atoms with Gasteiger partial charge in [-0.25, -0.2) is 0 Å². The largest absolute Gasteiger partial charge is 0.376 e. The van der Waals surface area contributed by atoms with Crippen molar-refractivity contribution in [1.29, 1.82) is 0 Å². The predicted octanol–water partition coefficient (Wildman–Crippen LogP) is 7.75. The van der Waals surface area contributed by atoms with E-state index in [2.05, 4.69) is 88.4 Å². The number of ether oxygens (including phenoxy) is 1. The molecule has 0 spiro atoms. The molecule has 2 aromatic carbocycles. The second-order valence-electron chi connectivity index (χ2n) is 9.94. The lowest BCUT2D eigenvalue weighted by Crippen LogP contribution is -2.19. The first-order valence-corrected chi connectivity index (χ1v) is 13.1. The summed E-state index contributed by atoms with van der Waals surface area (Å²) in [7, 11) is 0.878. The predicted molar refractivity (Wildman–Crippen MR) is 135 cm³/mol. The summed E-state index contributed by atoms with van der Waals surface area (Å²) in [5, 5.41) is 0. The quantitative estimate of drug-likeness (QED) is 0.293. The first-order valence-electron chi connectivity index (χ1n) is 11.9. The highest BCUT2D eigenvalue weighted by Crippen LogP contribution is 2.45. The van der Waals surface area contributed by atoms with Gasteiger partial charge in [-0.1, -0.05) is 79.1 Å². The standard InChI is InChI=1S/C29H36OSi/c1-21-23(14-7-5-6-12-20-30-29(2,3)4)25-16-10-11-17-26(25)28(21)31-27-19-18-22-13-8-9-15-24(22)27/h8-11,13,15-19,27-28H,5-7,12,14,20H2,1-4H3. The van der Waals surface area contributed by atoms with Gasteiger partial charge in [0.05, 0.1) is 15.1 Å². The molecule has 0 heterocycles. The van der Waals surface area contributed by atoms with Crippen LogP contribution in [0.3, 0.4) is 0 Å². The Morgan fingerprint density at radius 3 is 2.39 bits per heavy atom. The SMILES string of the molecule is CC1=C(CCCCCCOC(C)(C)C)c2ccccc2C1[Si]C1C=Cc2ccccc21. The number of hydrogen-bond donors (Lipinski definition) is 0. The Kier molecular flexibility index (Phi) is 6.98. The number of hydrogen-bond acceptors (Lipinski definition) is 1. The fraction of sp³-hybridized carbons (Fsp3) is 0.448. The molecule has 2 aliphatic carbocycles. The van der Waals surface area contributed by atoms with E-state index in [4.69, 9.17) is 4.74 Å². The summed E-state index contributed by atoms with van der Waals surface area (Å²) in [6, 6.07) is 18.1.